The van der Waals surface area contributed by atoms with Crippen LogP contribution in [0.4, 0.5) is 13.2 Å². The van der Waals surface area contributed by atoms with Crippen LogP contribution in [-0.2, 0) is 11.3 Å². The molecule has 0 atom stereocenters. The number of hydrogen-bond acceptors (Lipinski definition) is 3. The summed E-state index contributed by atoms with van der Waals surface area (Å²) in [5.41, 5.74) is 1.77. The van der Waals surface area contributed by atoms with Gasteiger partial charge >= 0.3 is 0 Å². The molecule has 0 bridgehead atoms. The summed E-state index contributed by atoms with van der Waals surface area (Å²) < 4.78 is 62.0. The third-order valence-corrected chi connectivity index (χ3v) is 7.42. The van der Waals surface area contributed by atoms with Gasteiger partial charge in [0.2, 0.25) is 0 Å². The summed E-state index contributed by atoms with van der Waals surface area (Å²) in [6, 6.07) is 15.4. The zero-order valence-corrected chi connectivity index (χ0v) is 23.0. The number of unbranched alkanes of at least 4 members (excludes halogenated alkanes) is 2. The van der Waals surface area contributed by atoms with Gasteiger partial charge in [0.15, 0.2) is 11.6 Å². The fraction of sp³-hybridized carbons (Fsp3) is 0.455. The number of halogens is 3. The predicted octanol–water partition coefficient (Wildman–Crippen LogP) is 9.37. The third-order valence-electron chi connectivity index (χ3n) is 7.42. The topological polar surface area (TPSA) is 27.7 Å². The maximum absolute atomic E-state index is 15.2. The van der Waals surface area contributed by atoms with Gasteiger partial charge in [-0.05, 0) is 73.8 Å². The summed E-state index contributed by atoms with van der Waals surface area (Å²) in [7, 11) is 0. The van der Waals surface area contributed by atoms with E-state index < -0.39 is 11.6 Å². The second-order valence-electron chi connectivity index (χ2n) is 10.3. The SMILES string of the molecule is CCCCOc1ccc(-c2ccc(C3CCC(OCc4ccc(OCCCC)cc4F)CC3)c(F)c2F)cc1. The first-order chi connectivity index (χ1) is 19.0. The van der Waals surface area contributed by atoms with Crippen LogP contribution >= 0.6 is 0 Å². The molecule has 4 rings (SSSR count). The molecule has 3 nitrogen and oxygen atoms in total. The second-order valence-corrected chi connectivity index (χ2v) is 10.3. The fourth-order valence-corrected chi connectivity index (χ4v) is 4.99. The molecule has 1 saturated carbocycles. The Labute approximate surface area is 230 Å². The molecule has 0 radical (unpaired) electrons. The highest BCUT2D eigenvalue weighted by molar-refractivity contribution is 5.65. The monoisotopic (exact) mass is 540 g/mol. The fourth-order valence-electron chi connectivity index (χ4n) is 4.99. The molecule has 210 valence electrons. The van der Waals surface area contributed by atoms with Gasteiger partial charge < -0.3 is 14.2 Å². The summed E-state index contributed by atoms with van der Waals surface area (Å²) in [5.74, 6) is -0.752. The van der Waals surface area contributed by atoms with E-state index in [-0.39, 0.29) is 30.0 Å². The summed E-state index contributed by atoms with van der Waals surface area (Å²) in [5, 5.41) is 0. The molecule has 6 heteroatoms. The lowest BCUT2D eigenvalue weighted by Gasteiger charge is -2.29. The molecule has 0 saturated heterocycles. The highest BCUT2D eigenvalue weighted by Gasteiger charge is 2.27. The Hall–Kier alpha value is -2.99. The first-order valence-corrected chi connectivity index (χ1v) is 14.2. The predicted molar refractivity (Wildman–Crippen MR) is 149 cm³/mol. The number of ether oxygens (including phenoxy) is 3. The van der Waals surface area contributed by atoms with Crippen LogP contribution in [-0.4, -0.2) is 19.3 Å². The van der Waals surface area contributed by atoms with Crippen molar-refractivity contribution < 1.29 is 27.4 Å². The highest BCUT2D eigenvalue weighted by Crippen LogP contribution is 2.38. The molecule has 3 aromatic carbocycles. The molecular weight excluding hydrogens is 501 g/mol. The zero-order chi connectivity index (χ0) is 27.6. The molecule has 0 aromatic heterocycles. The number of hydrogen-bond donors (Lipinski definition) is 0. The number of rotatable bonds is 13. The van der Waals surface area contributed by atoms with Crippen molar-refractivity contribution in [2.24, 2.45) is 0 Å². The maximum Gasteiger partial charge on any atom is 0.166 e. The van der Waals surface area contributed by atoms with E-state index in [4.69, 9.17) is 14.2 Å². The van der Waals surface area contributed by atoms with E-state index in [2.05, 4.69) is 13.8 Å². The van der Waals surface area contributed by atoms with Crippen LogP contribution in [0.15, 0.2) is 54.6 Å². The Balaban J connectivity index is 1.30. The summed E-state index contributed by atoms with van der Waals surface area (Å²) in [4.78, 5) is 0. The van der Waals surface area contributed by atoms with Crippen LogP contribution in [0.1, 0.15) is 82.3 Å². The molecule has 0 heterocycles. The smallest absolute Gasteiger partial charge is 0.166 e. The first-order valence-electron chi connectivity index (χ1n) is 14.2. The van der Waals surface area contributed by atoms with Crippen molar-refractivity contribution in [1.29, 1.82) is 0 Å². The van der Waals surface area contributed by atoms with Crippen LogP contribution in [0.5, 0.6) is 11.5 Å². The Morgan fingerprint density at radius 2 is 1.36 bits per heavy atom. The lowest BCUT2D eigenvalue weighted by Crippen LogP contribution is -2.21. The molecule has 1 fully saturated rings. The van der Waals surface area contributed by atoms with Gasteiger partial charge in [-0.1, -0.05) is 57.0 Å². The van der Waals surface area contributed by atoms with Crippen molar-refractivity contribution in [3.8, 4) is 22.6 Å². The molecule has 0 unspecified atom stereocenters. The Bertz CT molecular complexity index is 1190. The molecule has 0 spiro atoms. The van der Waals surface area contributed by atoms with Crippen molar-refractivity contribution in [2.45, 2.75) is 83.8 Å². The van der Waals surface area contributed by atoms with Crippen molar-refractivity contribution in [3.63, 3.8) is 0 Å². The van der Waals surface area contributed by atoms with Gasteiger partial charge in [-0.25, -0.2) is 13.2 Å². The van der Waals surface area contributed by atoms with Crippen LogP contribution in [0, 0.1) is 17.5 Å². The van der Waals surface area contributed by atoms with Crippen LogP contribution < -0.4 is 9.47 Å². The minimum Gasteiger partial charge on any atom is -0.494 e. The quantitative estimate of drug-likeness (QED) is 0.202. The van der Waals surface area contributed by atoms with Gasteiger partial charge in [0.05, 0.1) is 25.9 Å². The Kier molecular flexibility index (Phi) is 10.7. The van der Waals surface area contributed by atoms with E-state index in [1.54, 1.807) is 48.5 Å². The summed E-state index contributed by atoms with van der Waals surface area (Å²) >= 11 is 0. The molecule has 3 aromatic rings. The van der Waals surface area contributed by atoms with E-state index in [0.29, 0.717) is 61.3 Å². The van der Waals surface area contributed by atoms with E-state index >= 15 is 8.78 Å². The van der Waals surface area contributed by atoms with Crippen molar-refractivity contribution in [2.75, 3.05) is 13.2 Å². The molecule has 39 heavy (non-hydrogen) atoms. The lowest BCUT2D eigenvalue weighted by molar-refractivity contribution is 0.0118. The standard InChI is InChI=1S/C33H39F3O3/c1-3-5-19-37-26-12-7-23(8-13-26)29-17-18-30(33(36)32(29)35)24-9-14-27(15-10-24)39-22-25-11-16-28(21-31(25)34)38-20-6-4-2/h7-8,11-13,16-18,21,24,27H,3-6,9-10,14-15,19-20,22H2,1-2H3. The zero-order valence-electron chi connectivity index (χ0n) is 23.0. The van der Waals surface area contributed by atoms with E-state index in [1.165, 1.54) is 6.07 Å². The molecule has 1 aliphatic carbocycles. The van der Waals surface area contributed by atoms with Crippen LogP contribution in [0.3, 0.4) is 0 Å². The van der Waals surface area contributed by atoms with E-state index in [0.717, 1.165) is 31.4 Å². The van der Waals surface area contributed by atoms with Gasteiger partial charge in [-0.3, -0.25) is 0 Å². The minimum atomic E-state index is -0.817. The summed E-state index contributed by atoms with van der Waals surface area (Å²) in [6.07, 6.45) is 6.75. The van der Waals surface area contributed by atoms with Gasteiger partial charge in [-0.2, -0.15) is 0 Å². The molecule has 1 aliphatic rings. The number of benzene rings is 3. The van der Waals surface area contributed by atoms with E-state index in [1.807, 2.05) is 0 Å². The Morgan fingerprint density at radius 1 is 0.718 bits per heavy atom. The van der Waals surface area contributed by atoms with Crippen molar-refractivity contribution in [3.05, 3.63) is 83.2 Å². The molecule has 0 N–H and O–H groups in total. The lowest BCUT2D eigenvalue weighted by atomic mass is 9.82. The Morgan fingerprint density at radius 3 is 2.00 bits per heavy atom. The molecular formula is C33H39F3O3. The maximum atomic E-state index is 15.2. The van der Waals surface area contributed by atoms with E-state index in [9.17, 15) is 4.39 Å². The highest BCUT2D eigenvalue weighted by atomic mass is 19.2. The average Bonchev–Trinajstić information content (AvgIpc) is 2.95. The minimum absolute atomic E-state index is 0.0358. The van der Waals surface area contributed by atoms with Gasteiger partial charge in [0.25, 0.3) is 0 Å². The van der Waals surface area contributed by atoms with Gasteiger partial charge in [0.1, 0.15) is 17.3 Å². The van der Waals surface area contributed by atoms with Crippen molar-refractivity contribution in [1.82, 2.24) is 0 Å². The second kappa shape index (κ2) is 14.4. The van der Waals surface area contributed by atoms with Gasteiger partial charge in [0, 0.05) is 17.2 Å². The summed E-state index contributed by atoms with van der Waals surface area (Å²) in [6.45, 7) is 5.57. The van der Waals surface area contributed by atoms with Crippen LogP contribution in [0.2, 0.25) is 0 Å². The van der Waals surface area contributed by atoms with Crippen LogP contribution in [0.25, 0.3) is 11.1 Å². The van der Waals surface area contributed by atoms with Crippen molar-refractivity contribution >= 4 is 0 Å². The first kappa shape index (κ1) is 29.0. The third kappa shape index (κ3) is 7.78. The normalized spacial score (nSPS) is 17.3. The van der Waals surface area contributed by atoms with Gasteiger partial charge in [-0.15, -0.1) is 0 Å². The molecule has 0 aliphatic heterocycles. The largest absolute Gasteiger partial charge is 0.494 e. The molecule has 0 amide bonds. The average molecular weight is 541 g/mol.